The lowest BCUT2D eigenvalue weighted by Crippen LogP contribution is -2.12. The van der Waals surface area contributed by atoms with Gasteiger partial charge >= 0.3 is 5.97 Å². The molecule has 0 fully saturated rings. The lowest BCUT2D eigenvalue weighted by Gasteiger charge is -2.15. The van der Waals surface area contributed by atoms with Crippen LogP contribution in [0.5, 0.6) is 28.7 Å². The Morgan fingerprint density at radius 1 is 0.941 bits per heavy atom. The number of hydrogen-bond acceptors (Lipinski definition) is 7. The largest absolute Gasteiger partial charge is 0.496 e. The summed E-state index contributed by atoms with van der Waals surface area (Å²) in [6.07, 6.45) is 3.63. The van der Waals surface area contributed by atoms with Crippen LogP contribution in [0.4, 0.5) is 0 Å². The molecule has 0 radical (unpaired) electrons. The number of allylic oxidation sites excluding steroid dienone is 1. The highest BCUT2D eigenvalue weighted by molar-refractivity contribution is 6.12. The molecule has 2 aliphatic rings. The third kappa shape index (κ3) is 3.88. The number of ether oxygens (including phenoxy) is 5. The van der Waals surface area contributed by atoms with Gasteiger partial charge < -0.3 is 23.7 Å². The number of benzene rings is 3. The molecule has 0 aliphatic carbocycles. The van der Waals surface area contributed by atoms with E-state index in [0.717, 1.165) is 16.9 Å². The van der Waals surface area contributed by atoms with Gasteiger partial charge in [0.15, 0.2) is 5.76 Å². The number of esters is 1. The molecule has 5 rings (SSSR count). The highest BCUT2D eigenvalue weighted by Crippen LogP contribution is 2.36. The number of rotatable bonds is 5. The molecule has 3 aromatic rings. The minimum atomic E-state index is -0.655. The molecular weight excluding hydrogens is 436 g/mol. The molecule has 0 saturated heterocycles. The summed E-state index contributed by atoms with van der Waals surface area (Å²) in [7, 11) is 2.92. The van der Waals surface area contributed by atoms with E-state index in [2.05, 4.69) is 0 Å². The third-order valence-corrected chi connectivity index (χ3v) is 5.45. The first kappa shape index (κ1) is 21.3. The zero-order valence-corrected chi connectivity index (χ0v) is 18.5. The molecular formula is C27H20O7. The summed E-state index contributed by atoms with van der Waals surface area (Å²) in [4.78, 5) is 25.7. The van der Waals surface area contributed by atoms with Crippen LogP contribution in [-0.2, 0) is 0 Å². The standard InChI is InChI=1S/C27H20O7/c1-30-21-8-5-9-22(31-2)25(21)27(29)33-18-10-11-19-23(14-18)34-24(26(19)28)13-16-12-17-6-3-4-7-20(17)32-15-16/h3-14H,15H2,1-2H3/b24-13-. The van der Waals surface area contributed by atoms with E-state index in [-0.39, 0.29) is 22.9 Å². The Morgan fingerprint density at radius 2 is 1.71 bits per heavy atom. The van der Waals surface area contributed by atoms with Gasteiger partial charge in [0.25, 0.3) is 0 Å². The second-order valence-corrected chi connectivity index (χ2v) is 7.57. The van der Waals surface area contributed by atoms with E-state index in [9.17, 15) is 9.59 Å². The van der Waals surface area contributed by atoms with Crippen molar-refractivity contribution < 1.29 is 33.3 Å². The van der Waals surface area contributed by atoms with Gasteiger partial charge in [0.2, 0.25) is 5.78 Å². The molecule has 0 spiro atoms. The minimum absolute atomic E-state index is 0.162. The van der Waals surface area contributed by atoms with Crippen molar-refractivity contribution in [2.24, 2.45) is 0 Å². The third-order valence-electron chi connectivity index (χ3n) is 5.45. The SMILES string of the molecule is COc1cccc(OC)c1C(=O)Oc1ccc2c(c1)O/C(=C\C1=Cc3ccccc3OC1)C2=O. The Hall–Kier alpha value is -4.52. The fourth-order valence-electron chi connectivity index (χ4n) is 3.83. The Kier molecular flexibility index (Phi) is 5.51. The molecule has 34 heavy (non-hydrogen) atoms. The first-order valence-electron chi connectivity index (χ1n) is 10.5. The first-order chi connectivity index (χ1) is 16.6. The summed E-state index contributed by atoms with van der Waals surface area (Å²) >= 11 is 0. The molecule has 2 aliphatic heterocycles. The maximum atomic E-state index is 12.8. The average Bonchev–Trinajstić information content (AvgIpc) is 3.17. The van der Waals surface area contributed by atoms with Crippen molar-refractivity contribution in [3.63, 3.8) is 0 Å². The molecule has 0 bridgehead atoms. The molecule has 0 aromatic heterocycles. The number of hydrogen-bond donors (Lipinski definition) is 0. The number of fused-ring (bicyclic) bond motifs is 2. The molecule has 7 heteroatoms. The van der Waals surface area contributed by atoms with Gasteiger partial charge in [-0.1, -0.05) is 24.3 Å². The molecule has 3 aromatic carbocycles. The quantitative estimate of drug-likeness (QED) is 0.308. The van der Waals surface area contributed by atoms with Gasteiger partial charge in [-0.3, -0.25) is 4.79 Å². The van der Waals surface area contributed by atoms with Crippen molar-refractivity contribution in [1.29, 1.82) is 0 Å². The summed E-state index contributed by atoms with van der Waals surface area (Å²) in [5.41, 5.74) is 2.29. The normalized spacial score (nSPS) is 14.9. The van der Waals surface area contributed by atoms with Crippen LogP contribution in [0, 0.1) is 0 Å². The Labute approximate surface area is 195 Å². The lowest BCUT2D eigenvalue weighted by atomic mass is 10.1. The summed E-state index contributed by atoms with van der Waals surface area (Å²) in [6.45, 7) is 0.330. The number of Topliss-reactive ketones (excluding diaryl/α,β-unsaturated/α-hetero) is 1. The topological polar surface area (TPSA) is 80.3 Å². The summed E-state index contributed by atoms with van der Waals surface area (Å²) in [5, 5.41) is 0. The molecule has 0 saturated carbocycles. The predicted molar refractivity (Wildman–Crippen MR) is 124 cm³/mol. The lowest BCUT2D eigenvalue weighted by molar-refractivity contribution is 0.0727. The number of para-hydroxylation sites is 1. The van der Waals surface area contributed by atoms with Gasteiger partial charge in [0.05, 0.1) is 19.8 Å². The van der Waals surface area contributed by atoms with Crippen LogP contribution >= 0.6 is 0 Å². The number of carbonyl (C=O) groups excluding carboxylic acids is 2. The van der Waals surface area contributed by atoms with Crippen LogP contribution in [0.2, 0.25) is 0 Å². The fourth-order valence-corrected chi connectivity index (χ4v) is 3.83. The smallest absolute Gasteiger partial charge is 0.351 e. The van der Waals surface area contributed by atoms with Gasteiger partial charge in [-0.2, -0.15) is 0 Å². The van der Waals surface area contributed by atoms with E-state index >= 15 is 0 Å². The maximum absolute atomic E-state index is 12.8. The van der Waals surface area contributed by atoms with Crippen molar-refractivity contribution in [3.05, 3.63) is 94.8 Å². The zero-order valence-electron chi connectivity index (χ0n) is 18.5. The van der Waals surface area contributed by atoms with E-state index in [1.807, 2.05) is 30.3 Å². The minimum Gasteiger partial charge on any atom is -0.496 e. The summed E-state index contributed by atoms with van der Waals surface area (Å²) in [5.74, 6) is 1.25. The van der Waals surface area contributed by atoms with Gasteiger partial charge in [0.1, 0.15) is 40.9 Å². The molecule has 2 heterocycles. The molecule has 7 nitrogen and oxygen atoms in total. The van der Waals surface area contributed by atoms with Crippen LogP contribution in [-0.4, -0.2) is 32.6 Å². The van der Waals surface area contributed by atoms with Crippen LogP contribution < -0.4 is 23.7 Å². The van der Waals surface area contributed by atoms with Crippen molar-refractivity contribution in [1.82, 2.24) is 0 Å². The summed E-state index contributed by atoms with van der Waals surface area (Å²) < 4.78 is 27.6. The van der Waals surface area contributed by atoms with E-state index in [1.165, 1.54) is 20.3 Å². The monoisotopic (exact) mass is 456 g/mol. The molecule has 0 amide bonds. The highest BCUT2D eigenvalue weighted by atomic mass is 16.5. The van der Waals surface area contributed by atoms with Gasteiger partial charge in [-0.15, -0.1) is 0 Å². The van der Waals surface area contributed by atoms with Crippen LogP contribution in [0.25, 0.3) is 6.08 Å². The van der Waals surface area contributed by atoms with Crippen molar-refractivity contribution in [3.8, 4) is 28.7 Å². The van der Waals surface area contributed by atoms with E-state index in [0.29, 0.717) is 29.4 Å². The number of methoxy groups -OCH3 is 2. The molecule has 0 unspecified atom stereocenters. The molecule has 0 N–H and O–H groups in total. The maximum Gasteiger partial charge on any atom is 0.351 e. The second kappa shape index (κ2) is 8.78. The average molecular weight is 456 g/mol. The molecule has 0 atom stereocenters. The number of carbonyl (C=O) groups is 2. The second-order valence-electron chi connectivity index (χ2n) is 7.57. The van der Waals surface area contributed by atoms with E-state index in [1.54, 1.807) is 36.4 Å². The summed E-state index contributed by atoms with van der Waals surface area (Å²) in [6, 6.07) is 17.3. The predicted octanol–water partition coefficient (Wildman–Crippen LogP) is 4.86. The van der Waals surface area contributed by atoms with E-state index in [4.69, 9.17) is 23.7 Å². The van der Waals surface area contributed by atoms with Crippen molar-refractivity contribution in [2.45, 2.75) is 0 Å². The van der Waals surface area contributed by atoms with Crippen LogP contribution in [0.3, 0.4) is 0 Å². The van der Waals surface area contributed by atoms with E-state index < -0.39 is 5.97 Å². The van der Waals surface area contributed by atoms with Crippen molar-refractivity contribution >= 4 is 17.8 Å². The Bertz CT molecular complexity index is 1340. The fraction of sp³-hybridized carbons (Fsp3) is 0.111. The van der Waals surface area contributed by atoms with Crippen LogP contribution in [0.1, 0.15) is 26.3 Å². The molecule has 170 valence electrons. The Morgan fingerprint density at radius 3 is 2.47 bits per heavy atom. The Balaban J connectivity index is 1.38. The highest BCUT2D eigenvalue weighted by Gasteiger charge is 2.29. The van der Waals surface area contributed by atoms with Crippen LogP contribution in [0.15, 0.2) is 78.1 Å². The van der Waals surface area contributed by atoms with Gasteiger partial charge in [0, 0.05) is 11.6 Å². The van der Waals surface area contributed by atoms with Gasteiger partial charge in [-0.25, -0.2) is 4.79 Å². The number of ketones is 1. The first-order valence-corrected chi connectivity index (χ1v) is 10.5. The zero-order chi connectivity index (χ0) is 23.7. The van der Waals surface area contributed by atoms with Gasteiger partial charge in [-0.05, 0) is 48.1 Å². The van der Waals surface area contributed by atoms with Crippen molar-refractivity contribution in [2.75, 3.05) is 20.8 Å².